The van der Waals surface area contributed by atoms with Gasteiger partial charge in [0.2, 0.25) is 0 Å². The van der Waals surface area contributed by atoms with Crippen LogP contribution in [0.1, 0.15) is 12.5 Å². The van der Waals surface area contributed by atoms with Gasteiger partial charge >= 0.3 is 0 Å². The molecule has 0 fully saturated rings. The monoisotopic (exact) mass is 352 g/mol. The summed E-state index contributed by atoms with van der Waals surface area (Å²) in [4.78, 5) is 0. The lowest BCUT2D eigenvalue weighted by molar-refractivity contribution is 1.47. The summed E-state index contributed by atoms with van der Waals surface area (Å²) in [6, 6.07) is 4.03. The van der Waals surface area contributed by atoms with E-state index in [2.05, 4.69) is 54.4 Å². The Bertz CT molecular complexity index is 329. The predicted molar refractivity (Wildman–Crippen MR) is 64.3 cm³/mol. The summed E-state index contributed by atoms with van der Waals surface area (Å²) < 4.78 is 3.12. The van der Waals surface area contributed by atoms with Gasteiger partial charge in [0.05, 0.1) is 0 Å². The molecule has 0 aliphatic rings. The topological polar surface area (TPSA) is 0 Å². The van der Waals surface area contributed by atoms with Crippen LogP contribution in [0, 0.1) is 0 Å². The molecule has 0 aliphatic heterocycles. The third-order valence-electron chi connectivity index (χ3n) is 1.49. The van der Waals surface area contributed by atoms with E-state index in [9.17, 15) is 0 Å². The van der Waals surface area contributed by atoms with E-state index in [0.29, 0.717) is 0 Å². The average molecular weight is 355 g/mol. The van der Waals surface area contributed by atoms with Crippen LogP contribution in [-0.2, 0) is 0 Å². The van der Waals surface area contributed by atoms with Gasteiger partial charge < -0.3 is 0 Å². The van der Waals surface area contributed by atoms with Crippen molar-refractivity contribution in [3.8, 4) is 0 Å². The number of hydrogen-bond donors (Lipinski definition) is 0. The quantitative estimate of drug-likeness (QED) is 0.622. The van der Waals surface area contributed by atoms with Crippen LogP contribution in [0.5, 0.6) is 0 Å². The minimum atomic E-state index is 1.03. The highest BCUT2D eigenvalue weighted by Crippen LogP contribution is 2.35. The van der Waals surface area contributed by atoms with Crippen LogP contribution in [0.3, 0.4) is 0 Å². The van der Waals surface area contributed by atoms with Gasteiger partial charge in [0.1, 0.15) is 0 Å². The van der Waals surface area contributed by atoms with Gasteiger partial charge in [-0.15, -0.1) is 0 Å². The maximum absolute atomic E-state index is 3.89. The predicted octanol–water partition coefficient (Wildman–Crippen LogP) is 5.01. The summed E-state index contributed by atoms with van der Waals surface area (Å²) in [6.07, 6.45) is 0. The third-order valence-corrected chi connectivity index (χ3v) is 4.87. The Morgan fingerprint density at radius 2 is 1.75 bits per heavy atom. The zero-order chi connectivity index (χ0) is 9.30. The van der Waals surface area contributed by atoms with Gasteiger partial charge in [-0.05, 0) is 71.9 Å². The molecular weight excluding hydrogens is 348 g/mol. The van der Waals surface area contributed by atoms with Gasteiger partial charge in [0.25, 0.3) is 0 Å². The SMILES string of the molecule is C=C(C)c1ccc(Br)c(Br)c1Br. The average Bonchev–Trinajstić information content (AvgIpc) is 2.00. The van der Waals surface area contributed by atoms with Crippen LogP contribution in [0.2, 0.25) is 0 Å². The molecule has 0 radical (unpaired) electrons. The van der Waals surface area contributed by atoms with Gasteiger partial charge in [-0.25, -0.2) is 0 Å². The Balaban J connectivity index is 3.36. The number of rotatable bonds is 1. The summed E-state index contributed by atoms with van der Waals surface area (Å²) >= 11 is 10.4. The zero-order valence-corrected chi connectivity index (χ0v) is 11.3. The minimum absolute atomic E-state index is 1.03. The van der Waals surface area contributed by atoms with Gasteiger partial charge in [0.15, 0.2) is 0 Å². The summed E-state index contributed by atoms with van der Waals surface area (Å²) in [7, 11) is 0. The maximum atomic E-state index is 3.89. The van der Waals surface area contributed by atoms with Crippen molar-refractivity contribution in [3.63, 3.8) is 0 Å². The first-order valence-electron chi connectivity index (χ1n) is 3.33. The molecule has 0 saturated carbocycles. The second kappa shape index (κ2) is 4.07. The molecule has 0 saturated heterocycles. The van der Waals surface area contributed by atoms with Gasteiger partial charge in [-0.1, -0.05) is 12.6 Å². The molecule has 0 bridgehead atoms. The molecule has 0 unspecified atom stereocenters. The first kappa shape index (κ1) is 10.5. The molecule has 0 N–H and O–H groups in total. The van der Waals surface area contributed by atoms with Crippen molar-refractivity contribution < 1.29 is 0 Å². The Morgan fingerprint density at radius 3 is 2.25 bits per heavy atom. The smallest absolute Gasteiger partial charge is 0.0465 e. The summed E-state index contributed by atoms with van der Waals surface area (Å²) in [5, 5.41) is 0. The van der Waals surface area contributed by atoms with Crippen LogP contribution in [0.25, 0.3) is 5.57 Å². The van der Waals surface area contributed by atoms with Crippen molar-refractivity contribution >= 4 is 53.4 Å². The fraction of sp³-hybridized carbons (Fsp3) is 0.111. The molecule has 1 aromatic rings. The number of halogens is 3. The molecule has 0 aliphatic carbocycles. The molecule has 64 valence electrons. The second-order valence-electron chi connectivity index (χ2n) is 2.50. The van der Waals surface area contributed by atoms with Crippen LogP contribution >= 0.6 is 47.8 Å². The highest BCUT2D eigenvalue weighted by molar-refractivity contribution is 9.14. The second-order valence-corrected chi connectivity index (χ2v) is 4.94. The number of allylic oxidation sites excluding steroid dienone is 1. The van der Waals surface area contributed by atoms with Gasteiger partial charge in [0, 0.05) is 13.4 Å². The largest absolute Gasteiger partial charge is 0.0955 e. The lowest BCUT2D eigenvalue weighted by Gasteiger charge is -2.06. The minimum Gasteiger partial charge on any atom is -0.0955 e. The van der Waals surface area contributed by atoms with Crippen LogP contribution in [-0.4, -0.2) is 0 Å². The fourth-order valence-corrected chi connectivity index (χ4v) is 2.48. The Kier molecular flexibility index (Phi) is 3.56. The lowest BCUT2D eigenvalue weighted by Crippen LogP contribution is -1.82. The van der Waals surface area contributed by atoms with E-state index in [1.54, 1.807) is 0 Å². The molecule has 0 amide bonds. The fourth-order valence-electron chi connectivity index (χ4n) is 0.856. The molecule has 0 nitrogen and oxygen atoms in total. The third kappa shape index (κ3) is 2.01. The number of hydrogen-bond acceptors (Lipinski definition) is 0. The summed E-state index contributed by atoms with van der Waals surface area (Å²) in [6.45, 7) is 5.88. The Morgan fingerprint density at radius 1 is 1.17 bits per heavy atom. The van der Waals surface area contributed by atoms with Crippen molar-refractivity contribution in [2.75, 3.05) is 0 Å². The molecule has 3 heteroatoms. The van der Waals surface area contributed by atoms with Gasteiger partial charge in [-0.3, -0.25) is 0 Å². The molecule has 0 heterocycles. The Labute approximate surface area is 97.4 Å². The van der Waals surface area contributed by atoms with Crippen molar-refractivity contribution in [1.82, 2.24) is 0 Å². The molecule has 1 aromatic carbocycles. The molecule has 1 rings (SSSR count). The van der Waals surface area contributed by atoms with E-state index < -0.39 is 0 Å². The van der Waals surface area contributed by atoms with E-state index in [1.807, 2.05) is 19.1 Å². The summed E-state index contributed by atoms with van der Waals surface area (Å²) in [5.74, 6) is 0. The van der Waals surface area contributed by atoms with Crippen molar-refractivity contribution in [1.29, 1.82) is 0 Å². The van der Waals surface area contributed by atoms with E-state index in [4.69, 9.17) is 0 Å². The van der Waals surface area contributed by atoms with Crippen LogP contribution in [0.4, 0.5) is 0 Å². The normalized spacial score (nSPS) is 10.0. The lowest BCUT2D eigenvalue weighted by atomic mass is 10.1. The molecule has 0 atom stereocenters. The summed E-state index contributed by atoms with van der Waals surface area (Å²) in [5.41, 5.74) is 2.18. The Hall–Kier alpha value is 0.400. The van der Waals surface area contributed by atoms with Crippen LogP contribution in [0.15, 0.2) is 32.1 Å². The van der Waals surface area contributed by atoms with Gasteiger partial charge in [-0.2, -0.15) is 0 Å². The van der Waals surface area contributed by atoms with Crippen molar-refractivity contribution in [2.45, 2.75) is 6.92 Å². The van der Waals surface area contributed by atoms with Crippen molar-refractivity contribution in [2.24, 2.45) is 0 Å². The molecule has 12 heavy (non-hydrogen) atoms. The highest BCUT2D eigenvalue weighted by atomic mass is 79.9. The molecule has 0 spiro atoms. The maximum Gasteiger partial charge on any atom is 0.0465 e. The van der Waals surface area contributed by atoms with Crippen LogP contribution < -0.4 is 0 Å². The van der Waals surface area contributed by atoms with E-state index in [0.717, 1.165) is 24.6 Å². The van der Waals surface area contributed by atoms with Crippen molar-refractivity contribution in [3.05, 3.63) is 37.7 Å². The standard InChI is InChI=1S/C9H7Br3/c1-5(2)6-3-4-7(10)9(12)8(6)11/h3-4H,1H2,2H3. The molecule has 0 aromatic heterocycles. The zero-order valence-electron chi connectivity index (χ0n) is 6.50. The van der Waals surface area contributed by atoms with E-state index in [-0.39, 0.29) is 0 Å². The first-order chi connectivity index (χ1) is 5.54. The van der Waals surface area contributed by atoms with E-state index >= 15 is 0 Å². The molecular formula is C9H7Br3. The number of benzene rings is 1. The highest BCUT2D eigenvalue weighted by Gasteiger charge is 2.06. The first-order valence-corrected chi connectivity index (χ1v) is 5.71. The van der Waals surface area contributed by atoms with E-state index in [1.165, 1.54) is 0 Å².